The summed E-state index contributed by atoms with van der Waals surface area (Å²) in [6, 6.07) is 3.33. The van der Waals surface area contributed by atoms with Gasteiger partial charge in [0.05, 0.1) is 23.5 Å². The van der Waals surface area contributed by atoms with Gasteiger partial charge in [0.15, 0.2) is 0 Å². The molecule has 0 saturated carbocycles. The smallest absolute Gasteiger partial charge is 0.249 e. The van der Waals surface area contributed by atoms with Crippen LogP contribution < -0.4 is 10.2 Å². The van der Waals surface area contributed by atoms with Crippen molar-refractivity contribution in [2.24, 2.45) is 0 Å². The van der Waals surface area contributed by atoms with E-state index in [2.05, 4.69) is 16.4 Å². The number of carbonyl (C=O) groups is 2. The molecule has 1 aromatic rings. The van der Waals surface area contributed by atoms with E-state index < -0.39 is 6.04 Å². The van der Waals surface area contributed by atoms with Crippen LogP contribution in [0.4, 0.5) is 5.69 Å². The van der Waals surface area contributed by atoms with Crippen molar-refractivity contribution >= 4 is 17.5 Å². The molecule has 1 fully saturated rings. The van der Waals surface area contributed by atoms with Gasteiger partial charge in [-0.2, -0.15) is 5.26 Å². The molecular weight excluding hydrogens is 244 g/mol. The van der Waals surface area contributed by atoms with E-state index in [0.29, 0.717) is 16.9 Å². The summed E-state index contributed by atoms with van der Waals surface area (Å²) in [4.78, 5) is 29.1. The number of hydrogen-bond acceptors (Lipinski definition) is 5. The lowest BCUT2D eigenvalue weighted by atomic mass is 10.1. The maximum atomic E-state index is 11.7. The maximum Gasteiger partial charge on any atom is 0.249 e. The van der Waals surface area contributed by atoms with Crippen molar-refractivity contribution in [2.75, 3.05) is 11.4 Å². The summed E-state index contributed by atoms with van der Waals surface area (Å²) in [6.45, 7) is 5.32. The highest BCUT2D eigenvalue weighted by Gasteiger charge is 2.32. The summed E-state index contributed by atoms with van der Waals surface area (Å²) in [5.74, 6) is -0.716. The molecule has 1 aliphatic heterocycles. The molecule has 98 valence electrons. The van der Waals surface area contributed by atoms with Gasteiger partial charge < -0.3 is 4.90 Å². The fourth-order valence-corrected chi connectivity index (χ4v) is 2.18. The number of amides is 2. The van der Waals surface area contributed by atoms with Gasteiger partial charge in [0.1, 0.15) is 12.1 Å². The van der Waals surface area contributed by atoms with Crippen LogP contribution in [0.5, 0.6) is 0 Å². The van der Waals surface area contributed by atoms with Gasteiger partial charge in [-0.1, -0.05) is 0 Å². The van der Waals surface area contributed by atoms with Crippen molar-refractivity contribution in [2.45, 2.75) is 26.8 Å². The van der Waals surface area contributed by atoms with Crippen LogP contribution in [0.2, 0.25) is 0 Å². The van der Waals surface area contributed by atoms with Gasteiger partial charge in [-0.3, -0.25) is 19.9 Å². The fraction of sp³-hybridized carbons (Fsp3) is 0.385. The van der Waals surface area contributed by atoms with Crippen LogP contribution in [0, 0.1) is 25.2 Å². The molecule has 0 spiro atoms. The number of nitriles is 1. The van der Waals surface area contributed by atoms with Gasteiger partial charge in [-0.25, -0.2) is 0 Å². The van der Waals surface area contributed by atoms with Crippen LogP contribution in [0.15, 0.2) is 6.07 Å². The number of rotatable bonds is 1. The lowest BCUT2D eigenvalue weighted by molar-refractivity contribution is -0.132. The highest BCUT2D eigenvalue weighted by molar-refractivity contribution is 6.04. The lowest BCUT2D eigenvalue weighted by Gasteiger charge is -2.34. The molecule has 19 heavy (non-hydrogen) atoms. The molecular formula is C13H14N4O2. The highest BCUT2D eigenvalue weighted by atomic mass is 16.2. The largest absolute Gasteiger partial charge is 0.349 e. The van der Waals surface area contributed by atoms with E-state index in [1.807, 2.05) is 6.92 Å². The molecule has 6 heteroatoms. The van der Waals surface area contributed by atoms with Crippen molar-refractivity contribution in [3.05, 3.63) is 23.0 Å². The molecule has 1 N–H and O–H groups in total. The average Bonchev–Trinajstić information content (AvgIpc) is 2.33. The first-order valence-electron chi connectivity index (χ1n) is 5.92. The first kappa shape index (κ1) is 13.0. The van der Waals surface area contributed by atoms with E-state index in [0.717, 1.165) is 5.69 Å². The molecule has 0 aliphatic carbocycles. The second kappa shape index (κ2) is 4.69. The minimum atomic E-state index is -0.494. The lowest BCUT2D eigenvalue weighted by Crippen LogP contribution is -2.57. The number of piperazine rings is 1. The summed E-state index contributed by atoms with van der Waals surface area (Å²) in [5.41, 5.74) is 2.34. The minimum Gasteiger partial charge on any atom is -0.349 e. The van der Waals surface area contributed by atoms with Crippen LogP contribution in [0.3, 0.4) is 0 Å². The number of imide groups is 1. The number of anilines is 1. The van der Waals surface area contributed by atoms with Crippen LogP contribution in [0.25, 0.3) is 0 Å². The Hall–Kier alpha value is -2.42. The average molecular weight is 258 g/mol. The number of carbonyl (C=O) groups excluding carboxylic acids is 2. The van der Waals surface area contributed by atoms with E-state index in [1.54, 1.807) is 24.8 Å². The predicted molar refractivity (Wildman–Crippen MR) is 68.4 cm³/mol. The third-order valence-corrected chi connectivity index (χ3v) is 3.15. The Balaban J connectivity index is 2.54. The van der Waals surface area contributed by atoms with Crippen molar-refractivity contribution in [3.63, 3.8) is 0 Å². The number of hydrogen-bond donors (Lipinski definition) is 1. The molecule has 6 nitrogen and oxygen atoms in total. The van der Waals surface area contributed by atoms with Gasteiger partial charge in [-0.15, -0.1) is 0 Å². The summed E-state index contributed by atoms with van der Waals surface area (Å²) in [5, 5.41) is 11.5. The second-order valence-electron chi connectivity index (χ2n) is 4.57. The van der Waals surface area contributed by atoms with Crippen molar-refractivity contribution in [3.8, 4) is 6.07 Å². The summed E-state index contributed by atoms with van der Waals surface area (Å²) < 4.78 is 0. The molecule has 0 bridgehead atoms. The number of nitrogens with one attached hydrogen (secondary N) is 1. The Bertz CT molecular complexity index is 603. The zero-order valence-corrected chi connectivity index (χ0v) is 11.0. The molecule has 1 aromatic heterocycles. The van der Waals surface area contributed by atoms with Crippen molar-refractivity contribution in [1.29, 1.82) is 5.26 Å². The first-order chi connectivity index (χ1) is 8.93. The topological polar surface area (TPSA) is 86.1 Å². The highest BCUT2D eigenvalue weighted by Crippen LogP contribution is 2.26. The van der Waals surface area contributed by atoms with Crippen LogP contribution in [-0.2, 0) is 9.59 Å². The molecule has 0 aromatic carbocycles. The van der Waals surface area contributed by atoms with Crippen LogP contribution in [0.1, 0.15) is 23.9 Å². The molecule has 1 atom stereocenters. The Morgan fingerprint density at radius 2 is 2.16 bits per heavy atom. The van der Waals surface area contributed by atoms with Crippen LogP contribution in [-0.4, -0.2) is 29.4 Å². The summed E-state index contributed by atoms with van der Waals surface area (Å²) in [6.07, 6.45) is 0. The Labute approximate surface area is 111 Å². The Morgan fingerprint density at radius 3 is 2.79 bits per heavy atom. The van der Waals surface area contributed by atoms with Gasteiger partial charge in [0.25, 0.3) is 0 Å². The number of aromatic nitrogens is 1. The predicted octanol–water partition coefficient (Wildman–Crippen LogP) is 0.421. The SMILES string of the molecule is Cc1cc(N2CC(=O)NC(=O)C2C)c(C#N)c(C)n1. The van der Waals surface area contributed by atoms with E-state index >= 15 is 0 Å². The zero-order valence-electron chi connectivity index (χ0n) is 11.0. The molecule has 2 heterocycles. The quantitative estimate of drug-likeness (QED) is 0.738. The molecule has 2 amide bonds. The number of pyridine rings is 1. The van der Waals surface area contributed by atoms with Gasteiger partial charge >= 0.3 is 0 Å². The molecule has 2 rings (SSSR count). The third kappa shape index (κ3) is 2.27. The van der Waals surface area contributed by atoms with Gasteiger partial charge in [-0.05, 0) is 26.8 Å². The first-order valence-corrected chi connectivity index (χ1v) is 5.92. The summed E-state index contributed by atoms with van der Waals surface area (Å²) in [7, 11) is 0. The van der Waals surface area contributed by atoms with Crippen molar-refractivity contribution < 1.29 is 9.59 Å². The Morgan fingerprint density at radius 1 is 1.47 bits per heavy atom. The monoisotopic (exact) mass is 258 g/mol. The molecule has 1 saturated heterocycles. The van der Waals surface area contributed by atoms with E-state index in [-0.39, 0.29) is 18.4 Å². The van der Waals surface area contributed by atoms with E-state index in [9.17, 15) is 14.9 Å². The second-order valence-corrected chi connectivity index (χ2v) is 4.57. The number of aryl methyl sites for hydroxylation is 2. The Kier molecular flexibility index (Phi) is 3.21. The summed E-state index contributed by atoms with van der Waals surface area (Å²) >= 11 is 0. The minimum absolute atomic E-state index is 0.0600. The maximum absolute atomic E-state index is 11.7. The van der Waals surface area contributed by atoms with Crippen molar-refractivity contribution in [1.82, 2.24) is 10.3 Å². The standard InChI is InChI=1S/C13H14N4O2/c1-7-4-11(10(5-14)8(2)15-7)17-6-12(18)16-13(19)9(17)3/h4,9H,6H2,1-3H3,(H,16,18,19). The van der Waals surface area contributed by atoms with E-state index in [1.165, 1.54) is 0 Å². The normalized spacial score (nSPS) is 19.1. The van der Waals surface area contributed by atoms with Gasteiger partial charge in [0.2, 0.25) is 11.8 Å². The van der Waals surface area contributed by atoms with E-state index in [4.69, 9.17) is 0 Å². The molecule has 1 aliphatic rings. The molecule has 0 radical (unpaired) electrons. The fourth-order valence-electron chi connectivity index (χ4n) is 2.18. The van der Waals surface area contributed by atoms with Crippen LogP contribution >= 0.6 is 0 Å². The number of nitrogens with zero attached hydrogens (tertiary/aromatic N) is 3. The third-order valence-electron chi connectivity index (χ3n) is 3.15. The van der Waals surface area contributed by atoms with Gasteiger partial charge in [0, 0.05) is 5.69 Å². The molecule has 1 unspecified atom stereocenters. The zero-order chi connectivity index (χ0) is 14.2.